The number of aliphatic hydroxyl groups is 2. The molecule has 1 fully saturated rings. The predicted molar refractivity (Wildman–Crippen MR) is 275 cm³/mol. The zero-order valence-electron chi connectivity index (χ0n) is 42.5. The summed E-state index contributed by atoms with van der Waals surface area (Å²) in [6, 6.07) is 0. The molecule has 1 heterocycles. The van der Waals surface area contributed by atoms with Gasteiger partial charge in [-0.1, -0.05) is 182 Å². The molecular weight excluding hydrogens is 877 g/mol. The van der Waals surface area contributed by atoms with Crippen molar-refractivity contribution in [2.45, 2.75) is 225 Å². The first kappa shape index (κ1) is 62.7. The van der Waals surface area contributed by atoms with Crippen LogP contribution in [0.1, 0.15) is 188 Å². The number of ether oxygens (including phenoxy) is 5. The Balaban J connectivity index is 2.80. The van der Waals surface area contributed by atoms with Gasteiger partial charge in [0.2, 0.25) is 0 Å². The van der Waals surface area contributed by atoms with Crippen LogP contribution in [0.5, 0.6) is 0 Å². The van der Waals surface area contributed by atoms with E-state index in [0.717, 1.165) is 77.0 Å². The van der Waals surface area contributed by atoms with E-state index in [4.69, 9.17) is 23.7 Å². The van der Waals surface area contributed by atoms with Gasteiger partial charge in [-0.3, -0.25) is 14.4 Å². The molecule has 0 bridgehead atoms. The predicted octanol–water partition coefficient (Wildman–Crippen LogP) is 12.6. The van der Waals surface area contributed by atoms with Gasteiger partial charge in [0.1, 0.15) is 18.8 Å². The molecule has 12 nitrogen and oxygen atoms in total. The van der Waals surface area contributed by atoms with Gasteiger partial charge in [-0.15, -0.1) is 0 Å². The lowest BCUT2D eigenvalue weighted by Gasteiger charge is -2.40. The van der Waals surface area contributed by atoms with Gasteiger partial charge in [0, 0.05) is 19.3 Å². The smallest absolute Gasteiger partial charge is 0.335 e. The summed E-state index contributed by atoms with van der Waals surface area (Å²) in [4.78, 5) is 50.8. The molecule has 6 atom stereocenters. The quantitative estimate of drug-likeness (QED) is 0.0229. The van der Waals surface area contributed by atoms with Crippen LogP contribution >= 0.6 is 0 Å². The molecule has 390 valence electrons. The molecule has 6 unspecified atom stereocenters. The monoisotopic (exact) mass is 967 g/mol. The molecule has 1 saturated heterocycles. The molecule has 0 saturated carbocycles. The minimum absolute atomic E-state index is 0.0682. The summed E-state index contributed by atoms with van der Waals surface area (Å²) in [5, 5.41) is 31.3. The summed E-state index contributed by atoms with van der Waals surface area (Å²) in [5.41, 5.74) is 0. The van der Waals surface area contributed by atoms with E-state index >= 15 is 0 Å². The van der Waals surface area contributed by atoms with Crippen molar-refractivity contribution in [2.24, 2.45) is 0 Å². The summed E-state index contributed by atoms with van der Waals surface area (Å²) >= 11 is 0. The van der Waals surface area contributed by atoms with Crippen LogP contribution in [0.2, 0.25) is 0 Å². The van der Waals surface area contributed by atoms with Crippen LogP contribution in [0.25, 0.3) is 0 Å². The number of carbonyl (C=O) groups is 4. The Kier molecular flexibility index (Phi) is 40.7. The molecule has 1 aliphatic heterocycles. The molecule has 3 N–H and O–H groups in total. The van der Waals surface area contributed by atoms with Gasteiger partial charge >= 0.3 is 23.9 Å². The largest absolute Gasteiger partial charge is 0.479 e. The van der Waals surface area contributed by atoms with Crippen molar-refractivity contribution in [1.29, 1.82) is 0 Å². The van der Waals surface area contributed by atoms with Crippen molar-refractivity contribution in [3.8, 4) is 0 Å². The second-order valence-corrected chi connectivity index (χ2v) is 17.4. The summed E-state index contributed by atoms with van der Waals surface area (Å²) < 4.78 is 28.1. The number of carbonyl (C=O) groups excluding carboxylic acids is 3. The van der Waals surface area contributed by atoms with E-state index in [-0.39, 0.29) is 25.9 Å². The summed E-state index contributed by atoms with van der Waals surface area (Å²) in [6.45, 7) is 5.64. The van der Waals surface area contributed by atoms with Crippen molar-refractivity contribution in [3.63, 3.8) is 0 Å². The Bertz CT molecular complexity index is 1570. The Morgan fingerprint density at radius 2 is 0.942 bits per heavy atom. The molecule has 0 aromatic rings. The maximum Gasteiger partial charge on any atom is 0.335 e. The van der Waals surface area contributed by atoms with Crippen molar-refractivity contribution < 1.29 is 58.2 Å². The molecule has 69 heavy (non-hydrogen) atoms. The van der Waals surface area contributed by atoms with Crippen LogP contribution in [-0.2, 0) is 42.9 Å². The maximum absolute atomic E-state index is 13.1. The highest BCUT2D eigenvalue weighted by atomic mass is 16.7. The van der Waals surface area contributed by atoms with Gasteiger partial charge < -0.3 is 39.0 Å². The van der Waals surface area contributed by atoms with Crippen LogP contribution in [0.15, 0.2) is 97.2 Å². The third-order valence-electron chi connectivity index (χ3n) is 11.2. The Morgan fingerprint density at radius 3 is 1.45 bits per heavy atom. The molecule has 12 heteroatoms. The van der Waals surface area contributed by atoms with Gasteiger partial charge in [-0.25, -0.2) is 4.79 Å². The molecule has 0 aromatic heterocycles. The average Bonchev–Trinajstić information content (AvgIpc) is 3.33. The second kappa shape index (κ2) is 44.8. The Labute approximate surface area is 415 Å². The average molecular weight is 967 g/mol. The number of carboxylic acids is 1. The van der Waals surface area contributed by atoms with E-state index in [1.807, 2.05) is 18.2 Å². The highest BCUT2D eigenvalue weighted by Gasteiger charge is 2.50. The normalized spacial score (nSPS) is 19.5. The van der Waals surface area contributed by atoms with Crippen molar-refractivity contribution >= 4 is 23.9 Å². The van der Waals surface area contributed by atoms with Crippen LogP contribution in [0, 0.1) is 0 Å². The fourth-order valence-corrected chi connectivity index (χ4v) is 7.19. The van der Waals surface area contributed by atoms with Crippen molar-refractivity contribution in [2.75, 3.05) is 13.2 Å². The highest BCUT2D eigenvalue weighted by molar-refractivity contribution is 5.74. The molecule has 0 spiro atoms. The number of allylic oxidation sites excluding steroid dienone is 16. The lowest BCUT2D eigenvalue weighted by molar-refractivity contribution is -0.301. The van der Waals surface area contributed by atoms with Gasteiger partial charge in [0.15, 0.2) is 24.6 Å². The maximum atomic E-state index is 13.1. The number of rotatable bonds is 42. The molecule has 0 amide bonds. The lowest BCUT2D eigenvalue weighted by atomic mass is 9.98. The van der Waals surface area contributed by atoms with E-state index in [1.54, 1.807) is 0 Å². The first-order chi connectivity index (χ1) is 33.6. The molecule has 1 aliphatic rings. The fourth-order valence-electron chi connectivity index (χ4n) is 7.19. The SMILES string of the molecule is CC/C=C\C/C=C\C/C=C\C/C=C\CCCCC(=O)OCC(COC1OC(C(=O)O)C(O)C(O)C1OC(=O)CC/C=C\C/C=C\C/C=C\C/C=C\CC)OC(=O)CCCCCCCCCCCCC. The second-order valence-electron chi connectivity index (χ2n) is 17.4. The van der Waals surface area contributed by atoms with Crippen LogP contribution in [-0.4, -0.2) is 89.2 Å². The van der Waals surface area contributed by atoms with E-state index < -0.39 is 67.3 Å². The summed E-state index contributed by atoms with van der Waals surface area (Å²) in [7, 11) is 0. The van der Waals surface area contributed by atoms with Gasteiger partial charge in [-0.2, -0.15) is 0 Å². The molecule has 0 aromatic carbocycles. The van der Waals surface area contributed by atoms with E-state index in [2.05, 4.69) is 99.8 Å². The first-order valence-electron chi connectivity index (χ1n) is 26.2. The number of aliphatic carboxylic acids is 1. The highest BCUT2D eigenvalue weighted by Crippen LogP contribution is 2.26. The molecular formula is C57H90O12. The summed E-state index contributed by atoms with van der Waals surface area (Å²) in [5.74, 6) is -3.29. The minimum Gasteiger partial charge on any atom is -0.479 e. The number of hydrogen-bond acceptors (Lipinski definition) is 11. The third kappa shape index (κ3) is 35.4. The minimum atomic E-state index is -1.93. The van der Waals surface area contributed by atoms with E-state index in [1.165, 1.54) is 44.9 Å². The fraction of sp³-hybridized carbons (Fsp3) is 0.649. The third-order valence-corrected chi connectivity index (χ3v) is 11.2. The zero-order valence-corrected chi connectivity index (χ0v) is 42.5. The van der Waals surface area contributed by atoms with E-state index in [0.29, 0.717) is 25.7 Å². The number of aliphatic hydroxyl groups excluding tert-OH is 2. The first-order valence-corrected chi connectivity index (χ1v) is 26.2. The van der Waals surface area contributed by atoms with Gasteiger partial charge in [0.05, 0.1) is 6.61 Å². The lowest BCUT2D eigenvalue weighted by Crippen LogP contribution is -2.61. The van der Waals surface area contributed by atoms with Crippen LogP contribution in [0.3, 0.4) is 0 Å². The Hall–Kier alpha value is -4.36. The topological polar surface area (TPSA) is 175 Å². The number of esters is 3. The number of hydrogen-bond donors (Lipinski definition) is 3. The van der Waals surface area contributed by atoms with Crippen LogP contribution in [0.4, 0.5) is 0 Å². The molecule has 0 radical (unpaired) electrons. The van der Waals surface area contributed by atoms with E-state index in [9.17, 15) is 34.5 Å². The molecule has 1 rings (SSSR count). The van der Waals surface area contributed by atoms with Crippen molar-refractivity contribution in [3.05, 3.63) is 97.2 Å². The number of carboxylic acid groups (broad SMARTS) is 1. The standard InChI is InChI=1S/C57H90O12/c1-4-7-10-13-16-19-22-24-25-27-29-31-34-37-40-43-49(58)65-46-48(67-50(59)44-41-38-35-32-28-21-18-15-12-9-6-3)47-66-57-55(53(62)52(61)54(69-57)56(63)64)68-51(60)45-42-39-36-33-30-26-23-20-17-14-11-8-5-2/h7-8,10-11,16-17,19-20,24-26,29-31,36,39,48,52-55,57,61-62H,4-6,9,12-15,18,21-23,27-28,32-35,37-38,40-47H2,1-3H3,(H,63,64)/b10-7-,11-8-,19-16-,20-17-,25-24-,30-26-,31-29-,39-36-. The zero-order chi connectivity index (χ0) is 50.4. The summed E-state index contributed by atoms with van der Waals surface area (Å²) in [6.07, 6.45) is 45.6. The van der Waals surface area contributed by atoms with Crippen molar-refractivity contribution in [1.82, 2.24) is 0 Å². The number of unbranched alkanes of at least 4 members (excludes halogenated alkanes) is 12. The van der Waals surface area contributed by atoms with Gasteiger partial charge in [0.25, 0.3) is 0 Å². The molecule has 0 aliphatic carbocycles. The Morgan fingerprint density at radius 1 is 0.493 bits per heavy atom. The van der Waals surface area contributed by atoms with Gasteiger partial charge in [-0.05, 0) is 83.5 Å². The van der Waals surface area contributed by atoms with Crippen LogP contribution < -0.4 is 0 Å².